The number of aliphatic hydroxyl groups is 2. The number of rotatable bonds is 3. The normalized spacial score (nSPS) is 43.1. The van der Waals surface area contributed by atoms with Crippen molar-refractivity contribution >= 4 is 23.4 Å². The largest absolute Gasteiger partial charge is 0.460 e. The average Bonchev–Trinajstić information content (AvgIpc) is 3.53. The molecular formula is C31H37NO9. The highest BCUT2D eigenvalue weighted by Gasteiger charge is 2.88. The molecule has 4 aliphatic carbocycles. The van der Waals surface area contributed by atoms with Crippen LogP contribution in [-0.2, 0) is 23.9 Å². The number of aliphatic hydroxyl groups excluding tert-OH is 1. The first-order valence-electron chi connectivity index (χ1n) is 14.8. The molecule has 2 spiro atoms. The van der Waals surface area contributed by atoms with E-state index in [0.29, 0.717) is 51.6 Å². The zero-order chi connectivity index (χ0) is 29.1. The fourth-order valence-electron chi connectivity index (χ4n) is 9.86. The summed E-state index contributed by atoms with van der Waals surface area (Å²) in [6.45, 7) is 8.64. The van der Waals surface area contributed by atoms with E-state index in [9.17, 15) is 29.4 Å². The Bertz CT molecular complexity index is 1340. The molecule has 3 aliphatic heterocycles. The van der Waals surface area contributed by atoms with E-state index in [0.717, 1.165) is 0 Å². The molecule has 8 atom stereocenters. The summed E-state index contributed by atoms with van der Waals surface area (Å²) in [5.74, 6) is -5.68. The maximum Gasteiger partial charge on any atom is 0.309 e. The van der Waals surface area contributed by atoms with Gasteiger partial charge in [0.1, 0.15) is 23.4 Å². The molecule has 1 amide bonds. The lowest BCUT2D eigenvalue weighted by atomic mass is 9.36. The van der Waals surface area contributed by atoms with Crippen LogP contribution < -0.4 is 0 Å². The number of ether oxygens (including phenoxy) is 2. The molecule has 7 fully saturated rings. The Hall–Kier alpha value is -2.82. The predicted molar refractivity (Wildman–Crippen MR) is 141 cm³/mol. The van der Waals surface area contributed by atoms with Crippen LogP contribution in [-0.4, -0.2) is 76.2 Å². The minimum absolute atomic E-state index is 0.0607. The predicted octanol–water partition coefficient (Wildman–Crippen LogP) is 2.28. The van der Waals surface area contributed by atoms with Crippen molar-refractivity contribution in [1.82, 2.24) is 4.90 Å². The molecule has 4 saturated carbocycles. The monoisotopic (exact) mass is 567 g/mol. The van der Waals surface area contributed by atoms with E-state index in [1.165, 1.54) is 6.26 Å². The molecule has 0 aromatic carbocycles. The first-order valence-corrected chi connectivity index (χ1v) is 14.8. The molecule has 3 saturated heterocycles. The first-order chi connectivity index (χ1) is 19.4. The number of nitrogens with zero attached hydrogens (tertiary/aromatic N) is 1. The number of Topliss-reactive ketones (excluding diaryl/α,β-unsaturated/α-hetero) is 2. The lowest BCUT2D eigenvalue weighted by molar-refractivity contribution is -0.437. The topological polar surface area (TPSA) is 144 Å². The van der Waals surface area contributed by atoms with Crippen LogP contribution in [0, 0.1) is 39.9 Å². The molecule has 0 radical (unpaired) electrons. The molecular weight excluding hydrogens is 530 g/mol. The summed E-state index contributed by atoms with van der Waals surface area (Å²) < 4.78 is 17.5. The van der Waals surface area contributed by atoms with Crippen LogP contribution in [0.1, 0.15) is 62.9 Å². The molecule has 7 aliphatic rings. The minimum Gasteiger partial charge on any atom is -0.460 e. The van der Waals surface area contributed by atoms with Crippen LogP contribution in [0.2, 0.25) is 0 Å². The lowest BCUT2D eigenvalue weighted by Gasteiger charge is -2.73. The Balaban J connectivity index is 1.21. The Morgan fingerprint density at radius 3 is 2.56 bits per heavy atom. The van der Waals surface area contributed by atoms with Crippen LogP contribution >= 0.6 is 0 Å². The minimum atomic E-state index is -2.32. The van der Waals surface area contributed by atoms with Crippen molar-refractivity contribution in [3.05, 3.63) is 36.3 Å². The van der Waals surface area contributed by atoms with Crippen LogP contribution in [0.4, 0.5) is 0 Å². The second-order valence-electron chi connectivity index (χ2n) is 13.7. The van der Waals surface area contributed by atoms with Gasteiger partial charge in [-0.2, -0.15) is 0 Å². The third kappa shape index (κ3) is 3.13. The summed E-state index contributed by atoms with van der Waals surface area (Å²) in [5, 5.41) is 24.1. The van der Waals surface area contributed by atoms with Gasteiger partial charge in [-0.25, -0.2) is 0 Å². The molecule has 10 heteroatoms. The van der Waals surface area contributed by atoms with Crippen LogP contribution in [0.15, 0.2) is 35.0 Å². The molecule has 220 valence electrons. The van der Waals surface area contributed by atoms with Crippen molar-refractivity contribution in [3.8, 4) is 0 Å². The van der Waals surface area contributed by atoms with E-state index in [2.05, 4.69) is 6.58 Å². The summed E-state index contributed by atoms with van der Waals surface area (Å²) in [5.41, 5.74) is -3.21. The molecule has 8 rings (SSSR count). The van der Waals surface area contributed by atoms with Gasteiger partial charge in [0.15, 0.2) is 11.5 Å². The summed E-state index contributed by atoms with van der Waals surface area (Å²) >= 11 is 0. The van der Waals surface area contributed by atoms with E-state index in [-0.39, 0.29) is 29.6 Å². The van der Waals surface area contributed by atoms with Gasteiger partial charge in [-0.3, -0.25) is 19.2 Å². The lowest BCUT2D eigenvalue weighted by Crippen LogP contribution is -2.85. The van der Waals surface area contributed by atoms with Gasteiger partial charge in [-0.1, -0.05) is 20.4 Å². The first kappa shape index (κ1) is 27.0. The standard InChI is InChI=1S/C31H37NO9/c1-16-18-6-7-20-29-15-40-31(38,24(35)22(29)28(2,3)11-8-21(29)33)30(20,23(16)34)25(18)41-27(37)17-9-12-32(13-10-17)26(36)19-5-4-14-39-19/h4-5,14,17-18,20,22,24-25,35,38H,1,6-13,15H2,2-3H3/t18-,20-,22+,24-,25+,29+,30-,31+/m0/s1. The van der Waals surface area contributed by atoms with Crippen molar-refractivity contribution in [2.75, 3.05) is 19.7 Å². The fourth-order valence-corrected chi connectivity index (χ4v) is 9.86. The number of esters is 1. The summed E-state index contributed by atoms with van der Waals surface area (Å²) in [6, 6.07) is 3.25. The van der Waals surface area contributed by atoms with Gasteiger partial charge in [-0.15, -0.1) is 0 Å². The summed E-state index contributed by atoms with van der Waals surface area (Å²) in [4.78, 5) is 56.1. The van der Waals surface area contributed by atoms with Crippen molar-refractivity contribution in [2.24, 2.45) is 39.9 Å². The zero-order valence-corrected chi connectivity index (χ0v) is 23.5. The number of ketones is 2. The van der Waals surface area contributed by atoms with Crippen molar-refractivity contribution in [1.29, 1.82) is 0 Å². The molecule has 4 bridgehead atoms. The number of carbonyl (C=O) groups excluding carboxylic acids is 4. The number of carbonyl (C=O) groups is 4. The van der Waals surface area contributed by atoms with Gasteiger partial charge in [0.05, 0.1) is 24.2 Å². The highest BCUT2D eigenvalue weighted by atomic mass is 16.6. The highest BCUT2D eigenvalue weighted by Crippen LogP contribution is 2.76. The van der Waals surface area contributed by atoms with Crippen molar-refractivity contribution in [3.63, 3.8) is 0 Å². The fraction of sp³-hybridized carbons (Fsp3) is 0.677. The number of fused-ring (bicyclic) bond motifs is 2. The summed E-state index contributed by atoms with van der Waals surface area (Å²) in [6.07, 6.45) is 1.37. The smallest absolute Gasteiger partial charge is 0.309 e. The molecule has 1 aromatic rings. The Kier molecular flexibility index (Phi) is 5.68. The second kappa shape index (κ2) is 8.61. The van der Waals surface area contributed by atoms with Crippen LogP contribution in [0.3, 0.4) is 0 Å². The number of hydrogen-bond donors (Lipinski definition) is 2. The number of piperidine rings is 1. The molecule has 2 N–H and O–H groups in total. The molecule has 4 heterocycles. The summed E-state index contributed by atoms with van der Waals surface area (Å²) in [7, 11) is 0. The zero-order valence-electron chi connectivity index (χ0n) is 23.5. The molecule has 0 unspecified atom stereocenters. The SMILES string of the molecule is C=C1C(=O)[C@]23[C@H](OC(=O)C4CCN(C(=O)c5ccco5)CC4)[C@H]1CC[C@H]2[C@@]12CO[C@]3(O)[C@@H](O)[C@@H]1C(C)(C)CCC2=O. The van der Waals surface area contributed by atoms with E-state index >= 15 is 0 Å². The van der Waals surface area contributed by atoms with E-state index < -0.39 is 69.7 Å². The van der Waals surface area contributed by atoms with Gasteiger partial charge >= 0.3 is 5.97 Å². The third-order valence-electron chi connectivity index (χ3n) is 11.7. The van der Waals surface area contributed by atoms with E-state index in [4.69, 9.17) is 13.9 Å². The number of amides is 1. The Labute approximate surface area is 238 Å². The highest BCUT2D eigenvalue weighted by molar-refractivity contribution is 6.06. The average molecular weight is 568 g/mol. The third-order valence-corrected chi connectivity index (χ3v) is 11.7. The van der Waals surface area contributed by atoms with Crippen LogP contribution in [0.5, 0.6) is 0 Å². The van der Waals surface area contributed by atoms with Crippen molar-refractivity contribution < 1.29 is 43.3 Å². The molecule has 10 nitrogen and oxygen atoms in total. The molecule has 41 heavy (non-hydrogen) atoms. The maximum absolute atomic E-state index is 14.2. The quantitative estimate of drug-likeness (QED) is 0.415. The van der Waals surface area contributed by atoms with Gasteiger partial charge in [-0.05, 0) is 61.1 Å². The van der Waals surface area contributed by atoms with Crippen LogP contribution in [0.25, 0.3) is 0 Å². The van der Waals surface area contributed by atoms with Gasteiger partial charge in [0, 0.05) is 31.3 Å². The Morgan fingerprint density at radius 1 is 1.15 bits per heavy atom. The number of hydrogen-bond acceptors (Lipinski definition) is 9. The van der Waals surface area contributed by atoms with Gasteiger partial charge in [0.2, 0.25) is 5.79 Å². The number of likely N-dealkylation sites (tertiary alicyclic amines) is 1. The van der Waals surface area contributed by atoms with Gasteiger partial charge < -0.3 is 29.0 Å². The van der Waals surface area contributed by atoms with Gasteiger partial charge in [0.25, 0.3) is 5.91 Å². The van der Waals surface area contributed by atoms with E-state index in [1.54, 1.807) is 17.0 Å². The second-order valence-corrected chi connectivity index (χ2v) is 13.7. The molecule has 1 aromatic heterocycles. The van der Waals surface area contributed by atoms with Crippen molar-refractivity contribution in [2.45, 2.75) is 70.4 Å². The van der Waals surface area contributed by atoms with E-state index in [1.807, 2.05) is 13.8 Å². The maximum atomic E-state index is 14.2. The Morgan fingerprint density at radius 2 is 1.88 bits per heavy atom. The number of furan rings is 1.